The zero-order valence-corrected chi connectivity index (χ0v) is 16.7. The Morgan fingerprint density at radius 1 is 1.29 bits per heavy atom. The molecule has 1 atom stereocenters. The SMILES string of the molecule is CC(Sc1nncn1-c1cccc(Cl)c1)C(=O)Nc1ccc([N+](=O)[O-])cc1Cl. The molecule has 0 saturated carbocycles. The van der Waals surface area contributed by atoms with Crippen LogP contribution < -0.4 is 5.32 Å². The molecule has 144 valence electrons. The minimum absolute atomic E-state index is 0.0850. The van der Waals surface area contributed by atoms with Gasteiger partial charge in [-0.2, -0.15) is 0 Å². The van der Waals surface area contributed by atoms with Crippen LogP contribution in [0.3, 0.4) is 0 Å². The van der Waals surface area contributed by atoms with Crippen molar-refractivity contribution < 1.29 is 9.72 Å². The van der Waals surface area contributed by atoms with Crippen LogP contribution in [0.5, 0.6) is 0 Å². The molecule has 3 rings (SSSR count). The van der Waals surface area contributed by atoms with E-state index in [1.165, 1.54) is 36.3 Å². The first-order valence-corrected chi connectivity index (χ1v) is 9.56. The summed E-state index contributed by atoms with van der Waals surface area (Å²) in [5.41, 5.74) is 0.909. The number of nitro benzene ring substituents is 1. The second kappa shape index (κ2) is 8.59. The number of nitrogens with one attached hydrogen (secondary N) is 1. The van der Waals surface area contributed by atoms with Crippen molar-refractivity contribution in [2.24, 2.45) is 0 Å². The Hall–Kier alpha value is -2.62. The maximum atomic E-state index is 12.5. The van der Waals surface area contributed by atoms with Gasteiger partial charge in [0.05, 0.1) is 26.6 Å². The van der Waals surface area contributed by atoms with E-state index in [0.717, 1.165) is 5.69 Å². The molecular formula is C17H13Cl2N5O3S. The fourth-order valence-electron chi connectivity index (χ4n) is 2.27. The second-order valence-corrected chi connectivity index (χ2v) is 7.79. The number of amides is 1. The summed E-state index contributed by atoms with van der Waals surface area (Å²) in [7, 11) is 0. The fraction of sp³-hybridized carbons (Fsp3) is 0.118. The van der Waals surface area contributed by atoms with Crippen LogP contribution in [0.15, 0.2) is 53.9 Å². The van der Waals surface area contributed by atoms with Gasteiger partial charge in [-0.15, -0.1) is 10.2 Å². The first-order chi connectivity index (χ1) is 13.3. The highest BCUT2D eigenvalue weighted by Gasteiger charge is 2.20. The van der Waals surface area contributed by atoms with Crippen molar-refractivity contribution in [2.45, 2.75) is 17.3 Å². The van der Waals surface area contributed by atoms with Gasteiger partial charge in [0.1, 0.15) is 6.33 Å². The standard InChI is InChI=1S/C17H13Cl2N5O3S/c1-10(16(25)21-15-6-5-13(24(26)27)8-14(15)19)28-17-22-20-9-23(17)12-4-2-3-11(18)7-12/h2-10H,1H3,(H,21,25). The Labute approximate surface area is 174 Å². The van der Waals surface area contributed by atoms with Gasteiger partial charge in [-0.3, -0.25) is 19.5 Å². The second-order valence-electron chi connectivity index (χ2n) is 5.63. The number of nitrogens with zero attached hydrogens (tertiary/aromatic N) is 4. The summed E-state index contributed by atoms with van der Waals surface area (Å²) in [5, 5.41) is 22.0. The van der Waals surface area contributed by atoms with Crippen molar-refractivity contribution in [3.05, 3.63) is 69.0 Å². The van der Waals surface area contributed by atoms with Gasteiger partial charge in [-0.25, -0.2) is 0 Å². The number of benzene rings is 2. The van der Waals surface area contributed by atoms with Gasteiger partial charge in [0.2, 0.25) is 5.91 Å². The number of carbonyl (C=O) groups excluding carboxylic acids is 1. The number of non-ortho nitro benzene ring substituents is 1. The third-order valence-corrected chi connectivity index (χ3v) is 5.28. The van der Waals surface area contributed by atoms with E-state index in [2.05, 4.69) is 15.5 Å². The first-order valence-electron chi connectivity index (χ1n) is 7.92. The molecule has 1 N–H and O–H groups in total. The highest BCUT2D eigenvalue weighted by atomic mass is 35.5. The lowest BCUT2D eigenvalue weighted by atomic mass is 10.2. The highest BCUT2D eigenvalue weighted by Crippen LogP contribution is 2.29. The van der Waals surface area contributed by atoms with Gasteiger partial charge in [0.15, 0.2) is 5.16 Å². The minimum atomic E-state index is -0.557. The van der Waals surface area contributed by atoms with E-state index in [-0.39, 0.29) is 16.6 Å². The van der Waals surface area contributed by atoms with Crippen molar-refractivity contribution in [1.82, 2.24) is 14.8 Å². The molecule has 1 heterocycles. The van der Waals surface area contributed by atoms with Crippen molar-refractivity contribution in [3.63, 3.8) is 0 Å². The van der Waals surface area contributed by atoms with E-state index in [1.54, 1.807) is 29.7 Å². The lowest BCUT2D eigenvalue weighted by molar-refractivity contribution is -0.384. The number of anilines is 1. The predicted molar refractivity (Wildman–Crippen MR) is 108 cm³/mol. The fourth-order valence-corrected chi connectivity index (χ4v) is 3.52. The molecule has 0 aliphatic rings. The third kappa shape index (κ3) is 4.61. The molecule has 0 saturated heterocycles. The summed E-state index contributed by atoms with van der Waals surface area (Å²) < 4.78 is 1.72. The Bertz CT molecular complexity index is 1040. The number of thioether (sulfide) groups is 1. The van der Waals surface area contributed by atoms with E-state index in [1.807, 2.05) is 6.07 Å². The van der Waals surface area contributed by atoms with E-state index in [0.29, 0.717) is 15.9 Å². The lowest BCUT2D eigenvalue weighted by Crippen LogP contribution is -2.23. The quantitative estimate of drug-likeness (QED) is 0.343. The molecule has 11 heteroatoms. The van der Waals surface area contributed by atoms with Gasteiger partial charge >= 0.3 is 0 Å². The first kappa shape index (κ1) is 20.1. The Kier molecular flexibility index (Phi) is 6.18. The van der Waals surface area contributed by atoms with Crippen LogP contribution in [0, 0.1) is 10.1 Å². The van der Waals surface area contributed by atoms with Gasteiger partial charge in [0, 0.05) is 17.2 Å². The average molecular weight is 438 g/mol. The maximum Gasteiger partial charge on any atom is 0.271 e. The molecule has 2 aromatic carbocycles. The van der Waals surface area contributed by atoms with Crippen molar-refractivity contribution in [3.8, 4) is 5.69 Å². The molecule has 1 unspecified atom stereocenters. The summed E-state index contributed by atoms with van der Waals surface area (Å²) in [4.78, 5) is 22.7. The predicted octanol–water partition coefficient (Wildman–Crippen LogP) is 4.60. The summed E-state index contributed by atoms with van der Waals surface area (Å²) in [6.07, 6.45) is 1.53. The van der Waals surface area contributed by atoms with Gasteiger partial charge < -0.3 is 5.32 Å². The number of nitro groups is 1. The monoisotopic (exact) mass is 437 g/mol. The molecule has 0 spiro atoms. The lowest BCUT2D eigenvalue weighted by Gasteiger charge is -2.13. The maximum absolute atomic E-state index is 12.5. The topological polar surface area (TPSA) is 103 Å². The normalized spacial score (nSPS) is 11.8. The smallest absolute Gasteiger partial charge is 0.271 e. The van der Waals surface area contributed by atoms with Crippen LogP contribution in [0.1, 0.15) is 6.92 Å². The van der Waals surface area contributed by atoms with E-state index in [9.17, 15) is 14.9 Å². The third-order valence-electron chi connectivity index (χ3n) is 3.68. The summed E-state index contributed by atoms with van der Waals surface area (Å²) in [6, 6.07) is 11.0. The number of hydrogen-bond acceptors (Lipinski definition) is 6. The number of halogens is 2. The molecule has 0 bridgehead atoms. The van der Waals surface area contributed by atoms with E-state index < -0.39 is 10.2 Å². The highest BCUT2D eigenvalue weighted by molar-refractivity contribution is 8.00. The summed E-state index contributed by atoms with van der Waals surface area (Å²) >= 11 is 13.2. The summed E-state index contributed by atoms with van der Waals surface area (Å²) in [6.45, 7) is 1.70. The van der Waals surface area contributed by atoms with Crippen molar-refractivity contribution in [1.29, 1.82) is 0 Å². The molecule has 1 amide bonds. The largest absolute Gasteiger partial charge is 0.324 e. The van der Waals surface area contributed by atoms with Crippen LogP contribution in [-0.2, 0) is 4.79 Å². The van der Waals surface area contributed by atoms with Crippen LogP contribution in [0.25, 0.3) is 5.69 Å². The van der Waals surface area contributed by atoms with E-state index >= 15 is 0 Å². The summed E-state index contributed by atoms with van der Waals surface area (Å²) in [5.74, 6) is -0.332. The Balaban J connectivity index is 1.72. The number of rotatable bonds is 6. The Morgan fingerprint density at radius 3 is 2.75 bits per heavy atom. The molecule has 0 fully saturated rings. The minimum Gasteiger partial charge on any atom is -0.324 e. The molecule has 28 heavy (non-hydrogen) atoms. The molecular weight excluding hydrogens is 425 g/mol. The molecule has 0 radical (unpaired) electrons. The molecule has 0 aliphatic heterocycles. The van der Waals surface area contributed by atoms with E-state index in [4.69, 9.17) is 23.2 Å². The molecule has 8 nitrogen and oxygen atoms in total. The van der Waals surface area contributed by atoms with Crippen molar-refractivity contribution >= 4 is 52.2 Å². The zero-order valence-electron chi connectivity index (χ0n) is 14.4. The van der Waals surface area contributed by atoms with Crippen LogP contribution >= 0.6 is 35.0 Å². The van der Waals surface area contributed by atoms with Crippen molar-refractivity contribution in [2.75, 3.05) is 5.32 Å². The number of hydrogen-bond donors (Lipinski definition) is 1. The van der Waals surface area contributed by atoms with Gasteiger partial charge in [-0.1, -0.05) is 41.0 Å². The van der Waals surface area contributed by atoms with Crippen LogP contribution in [0.2, 0.25) is 10.0 Å². The Morgan fingerprint density at radius 2 is 2.07 bits per heavy atom. The molecule has 3 aromatic rings. The number of carbonyl (C=O) groups is 1. The average Bonchev–Trinajstić information content (AvgIpc) is 3.11. The number of aromatic nitrogens is 3. The zero-order chi connectivity index (χ0) is 20.3. The van der Waals surface area contributed by atoms with Crippen LogP contribution in [0.4, 0.5) is 11.4 Å². The molecule has 0 aliphatic carbocycles. The van der Waals surface area contributed by atoms with Gasteiger partial charge in [-0.05, 0) is 31.2 Å². The molecule has 1 aromatic heterocycles. The van der Waals surface area contributed by atoms with Crippen LogP contribution in [-0.4, -0.2) is 30.8 Å². The van der Waals surface area contributed by atoms with Gasteiger partial charge in [0.25, 0.3) is 5.69 Å².